The van der Waals surface area contributed by atoms with Gasteiger partial charge in [-0.25, -0.2) is 0 Å². The quantitative estimate of drug-likeness (QED) is 0.806. The standard InChI is InChI=1S/C8H10O.C4H8O2/c1-7(9)8-5-3-2-4-6-8;1-2-3-4(5)6/h2-7,9H,1H3;2-3H2,1H3,(H,5,6). The van der Waals surface area contributed by atoms with Crippen molar-refractivity contribution in [2.75, 3.05) is 0 Å². The Morgan fingerprint density at radius 2 is 1.87 bits per heavy atom. The third kappa shape index (κ3) is 7.70. The predicted molar refractivity (Wildman–Crippen MR) is 59.6 cm³/mol. The van der Waals surface area contributed by atoms with E-state index < -0.39 is 5.97 Å². The van der Waals surface area contributed by atoms with E-state index in [9.17, 15) is 4.79 Å². The van der Waals surface area contributed by atoms with Gasteiger partial charge in [0.1, 0.15) is 0 Å². The van der Waals surface area contributed by atoms with Gasteiger partial charge >= 0.3 is 5.97 Å². The van der Waals surface area contributed by atoms with Gasteiger partial charge in [0.05, 0.1) is 6.10 Å². The topological polar surface area (TPSA) is 57.5 Å². The molecule has 0 heterocycles. The molecule has 84 valence electrons. The Labute approximate surface area is 90.4 Å². The highest BCUT2D eigenvalue weighted by molar-refractivity contribution is 5.66. The fourth-order valence-electron chi connectivity index (χ4n) is 0.945. The molecule has 0 saturated carbocycles. The van der Waals surface area contributed by atoms with Crippen LogP contribution in [-0.4, -0.2) is 16.2 Å². The molecule has 3 nitrogen and oxygen atoms in total. The molecule has 0 radical (unpaired) electrons. The molecule has 0 amide bonds. The molecule has 1 aromatic rings. The van der Waals surface area contributed by atoms with Crippen LogP contribution in [0.5, 0.6) is 0 Å². The van der Waals surface area contributed by atoms with E-state index in [1.54, 1.807) is 6.92 Å². The first-order valence-corrected chi connectivity index (χ1v) is 5.02. The third-order valence-corrected chi connectivity index (χ3v) is 1.75. The summed E-state index contributed by atoms with van der Waals surface area (Å²) in [5.74, 6) is -0.711. The van der Waals surface area contributed by atoms with E-state index in [4.69, 9.17) is 10.2 Å². The number of aliphatic carboxylic acids is 1. The molecule has 0 fully saturated rings. The molecule has 1 unspecified atom stereocenters. The summed E-state index contributed by atoms with van der Waals surface area (Å²) in [6.45, 7) is 3.60. The van der Waals surface area contributed by atoms with Crippen molar-refractivity contribution >= 4 is 5.97 Å². The molecular weight excluding hydrogens is 192 g/mol. The van der Waals surface area contributed by atoms with E-state index in [1.165, 1.54) is 0 Å². The number of aliphatic hydroxyl groups excluding tert-OH is 1. The maximum Gasteiger partial charge on any atom is 0.303 e. The van der Waals surface area contributed by atoms with E-state index in [-0.39, 0.29) is 6.10 Å². The minimum Gasteiger partial charge on any atom is -0.481 e. The number of aliphatic hydroxyl groups is 1. The second-order valence-corrected chi connectivity index (χ2v) is 3.23. The summed E-state index contributed by atoms with van der Waals surface area (Å²) in [5, 5.41) is 16.9. The maximum atomic E-state index is 9.60. The summed E-state index contributed by atoms with van der Waals surface area (Å²) in [4.78, 5) is 9.60. The second kappa shape index (κ2) is 8.00. The van der Waals surface area contributed by atoms with Gasteiger partial charge in [0.2, 0.25) is 0 Å². The van der Waals surface area contributed by atoms with Crippen LogP contribution in [0.15, 0.2) is 30.3 Å². The van der Waals surface area contributed by atoms with E-state index in [0.29, 0.717) is 6.42 Å². The molecule has 0 aliphatic carbocycles. The van der Waals surface area contributed by atoms with Gasteiger partial charge in [-0.05, 0) is 18.9 Å². The first-order chi connectivity index (χ1) is 7.07. The number of carbonyl (C=O) groups is 1. The Kier molecular flexibility index (Phi) is 7.28. The van der Waals surface area contributed by atoms with E-state index in [1.807, 2.05) is 37.3 Å². The van der Waals surface area contributed by atoms with E-state index >= 15 is 0 Å². The Bertz CT molecular complexity index is 267. The summed E-state index contributed by atoms with van der Waals surface area (Å²) in [5.41, 5.74) is 0.970. The van der Waals surface area contributed by atoms with Crippen molar-refractivity contribution < 1.29 is 15.0 Å². The van der Waals surface area contributed by atoms with Crippen molar-refractivity contribution in [3.8, 4) is 0 Å². The lowest BCUT2D eigenvalue weighted by Gasteiger charge is -2.00. The van der Waals surface area contributed by atoms with Crippen molar-refractivity contribution in [3.63, 3.8) is 0 Å². The van der Waals surface area contributed by atoms with Gasteiger partial charge < -0.3 is 10.2 Å². The molecule has 2 N–H and O–H groups in total. The highest BCUT2D eigenvalue weighted by Gasteiger charge is 1.95. The van der Waals surface area contributed by atoms with Gasteiger partial charge in [0, 0.05) is 6.42 Å². The fourth-order valence-corrected chi connectivity index (χ4v) is 0.945. The zero-order chi connectivity index (χ0) is 11.7. The van der Waals surface area contributed by atoms with Gasteiger partial charge in [-0.2, -0.15) is 0 Å². The van der Waals surface area contributed by atoms with Gasteiger partial charge in [-0.1, -0.05) is 37.3 Å². The van der Waals surface area contributed by atoms with Crippen molar-refractivity contribution in [3.05, 3.63) is 35.9 Å². The molecule has 15 heavy (non-hydrogen) atoms. The van der Waals surface area contributed by atoms with Crippen LogP contribution in [0.3, 0.4) is 0 Å². The number of hydrogen-bond donors (Lipinski definition) is 2. The first kappa shape index (κ1) is 13.7. The van der Waals surface area contributed by atoms with Gasteiger partial charge in [0.25, 0.3) is 0 Å². The number of carboxylic acid groups (broad SMARTS) is 1. The van der Waals surface area contributed by atoms with Crippen LogP contribution >= 0.6 is 0 Å². The summed E-state index contributed by atoms with van der Waals surface area (Å²) < 4.78 is 0. The zero-order valence-electron chi connectivity index (χ0n) is 9.18. The molecule has 1 rings (SSSR count). The van der Waals surface area contributed by atoms with Crippen LogP contribution in [-0.2, 0) is 4.79 Å². The minimum atomic E-state index is -0.711. The average molecular weight is 210 g/mol. The normalized spacial score (nSPS) is 11.1. The highest BCUT2D eigenvalue weighted by atomic mass is 16.4. The summed E-state index contributed by atoms with van der Waals surface area (Å²) in [6, 6.07) is 9.59. The summed E-state index contributed by atoms with van der Waals surface area (Å²) in [6.07, 6.45) is 0.682. The van der Waals surface area contributed by atoms with Crippen LogP contribution in [0.4, 0.5) is 0 Å². The predicted octanol–water partition coefficient (Wildman–Crippen LogP) is 2.61. The van der Waals surface area contributed by atoms with Gasteiger partial charge in [-0.3, -0.25) is 4.79 Å². The van der Waals surface area contributed by atoms with Crippen LogP contribution in [0.2, 0.25) is 0 Å². The lowest BCUT2D eigenvalue weighted by molar-refractivity contribution is -0.137. The van der Waals surface area contributed by atoms with Crippen molar-refractivity contribution in [2.24, 2.45) is 0 Å². The number of hydrogen-bond acceptors (Lipinski definition) is 2. The molecule has 0 aliphatic heterocycles. The van der Waals surface area contributed by atoms with Crippen molar-refractivity contribution in [1.82, 2.24) is 0 Å². The van der Waals surface area contributed by atoms with Crippen LogP contribution in [0, 0.1) is 0 Å². The molecule has 0 spiro atoms. The molecule has 0 aromatic heterocycles. The Morgan fingerprint density at radius 1 is 1.33 bits per heavy atom. The first-order valence-electron chi connectivity index (χ1n) is 5.02. The Morgan fingerprint density at radius 3 is 2.07 bits per heavy atom. The van der Waals surface area contributed by atoms with E-state index in [0.717, 1.165) is 12.0 Å². The smallest absolute Gasteiger partial charge is 0.303 e. The van der Waals surface area contributed by atoms with Crippen LogP contribution in [0.1, 0.15) is 38.4 Å². The zero-order valence-corrected chi connectivity index (χ0v) is 9.18. The minimum absolute atomic E-state index is 0.292. The van der Waals surface area contributed by atoms with Crippen molar-refractivity contribution in [2.45, 2.75) is 32.8 Å². The maximum absolute atomic E-state index is 9.60. The SMILES string of the molecule is CC(O)c1ccccc1.CCCC(=O)O. The lowest BCUT2D eigenvalue weighted by atomic mass is 10.1. The van der Waals surface area contributed by atoms with Crippen LogP contribution in [0.25, 0.3) is 0 Å². The van der Waals surface area contributed by atoms with E-state index in [2.05, 4.69) is 0 Å². The average Bonchev–Trinajstić information content (AvgIpc) is 2.20. The number of rotatable bonds is 3. The Balaban J connectivity index is 0.000000288. The largest absolute Gasteiger partial charge is 0.481 e. The fraction of sp³-hybridized carbons (Fsp3) is 0.417. The number of carboxylic acids is 1. The molecular formula is C12H18O3. The summed E-state index contributed by atoms with van der Waals surface area (Å²) >= 11 is 0. The van der Waals surface area contributed by atoms with Crippen LogP contribution < -0.4 is 0 Å². The molecule has 3 heteroatoms. The molecule has 0 saturated heterocycles. The monoisotopic (exact) mass is 210 g/mol. The third-order valence-electron chi connectivity index (χ3n) is 1.75. The highest BCUT2D eigenvalue weighted by Crippen LogP contribution is 2.09. The lowest BCUT2D eigenvalue weighted by Crippen LogP contribution is -1.90. The van der Waals surface area contributed by atoms with Gasteiger partial charge in [-0.15, -0.1) is 0 Å². The molecule has 0 bridgehead atoms. The van der Waals surface area contributed by atoms with Crippen molar-refractivity contribution in [1.29, 1.82) is 0 Å². The summed E-state index contributed by atoms with van der Waals surface area (Å²) in [7, 11) is 0. The molecule has 1 atom stereocenters. The molecule has 1 aromatic carbocycles. The van der Waals surface area contributed by atoms with Gasteiger partial charge in [0.15, 0.2) is 0 Å². The number of benzene rings is 1. The molecule has 0 aliphatic rings. The second-order valence-electron chi connectivity index (χ2n) is 3.23. The Hall–Kier alpha value is -1.35.